The number of esters is 1. The number of benzene rings is 2. The highest BCUT2D eigenvalue weighted by Gasteiger charge is 2.21. The van der Waals surface area contributed by atoms with E-state index in [-0.39, 0.29) is 18.0 Å². The summed E-state index contributed by atoms with van der Waals surface area (Å²) in [7, 11) is 0. The number of carbonyl (C=O) groups excluding carboxylic acids is 2. The van der Waals surface area contributed by atoms with Gasteiger partial charge in [-0.2, -0.15) is 0 Å². The zero-order valence-electron chi connectivity index (χ0n) is 13.1. The molecule has 24 heavy (non-hydrogen) atoms. The van der Waals surface area contributed by atoms with Crippen molar-refractivity contribution in [1.82, 2.24) is 0 Å². The normalized spacial score (nSPS) is 11.2. The summed E-state index contributed by atoms with van der Waals surface area (Å²) in [6.07, 6.45) is 1.60. The minimum atomic E-state index is -0.616. The Hall–Kier alpha value is -1.72. The van der Waals surface area contributed by atoms with Gasteiger partial charge >= 0.3 is 5.97 Å². The molecule has 0 aliphatic carbocycles. The molecule has 0 unspecified atom stereocenters. The van der Waals surface area contributed by atoms with E-state index in [2.05, 4.69) is 31.9 Å². The fourth-order valence-electron chi connectivity index (χ4n) is 2.13. The lowest BCUT2D eigenvalue weighted by Crippen LogP contribution is -2.16. The monoisotopic (exact) mass is 450 g/mol. The molecule has 3 nitrogen and oxygen atoms in total. The molecule has 0 aromatic heterocycles. The van der Waals surface area contributed by atoms with Crippen LogP contribution in [0.5, 0.6) is 0 Å². The first-order chi connectivity index (χ1) is 11.6. The fourth-order valence-corrected chi connectivity index (χ4v) is 2.91. The summed E-state index contributed by atoms with van der Waals surface area (Å²) in [4.78, 5) is 25.1. The van der Waals surface area contributed by atoms with Crippen molar-refractivity contribution in [1.29, 1.82) is 0 Å². The third-order valence-corrected chi connectivity index (χ3v) is 4.48. The maximum absolute atomic E-state index is 12.8. The Kier molecular flexibility index (Phi) is 6.94. The van der Waals surface area contributed by atoms with Crippen molar-refractivity contribution < 1.29 is 14.3 Å². The molecule has 0 amide bonds. The van der Waals surface area contributed by atoms with Gasteiger partial charge in [0.05, 0.1) is 6.61 Å². The van der Waals surface area contributed by atoms with Crippen LogP contribution < -0.4 is 0 Å². The van der Waals surface area contributed by atoms with Crippen LogP contribution in [0.15, 0.2) is 58.6 Å². The highest BCUT2D eigenvalue weighted by molar-refractivity contribution is 9.10. The molecule has 2 aromatic carbocycles. The van der Waals surface area contributed by atoms with Crippen LogP contribution in [0, 0.1) is 0 Å². The highest BCUT2D eigenvalue weighted by Crippen LogP contribution is 2.20. The van der Waals surface area contributed by atoms with Gasteiger partial charge in [-0.15, -0.1) is 0 Å². The summed E-state index contributed by atoms with van der Waals surface area (Å²) in [6, 6.07) is 14.5. The summed E-state index contributed by atoms with van der Waals surface area (Å²) in [6.45, 7) is 1.93. The van der Waals surface area contributed by atoms with Crippen molar-refractivity contribution in [2.75, 3.05) is 6.61 Å². The second-order valence-corrected chi connectivity index (χ2v) is 6.42. The van der Waals surface area contributed by atoms with E-state index in [4.69, 9.17) is 4.74 Å². The molecule has 0 fully saturated rings. The summed E-state index contributed by atoms with van der Waals surface area (Å²) in [5, 5.41) is 0.627. The molecule has 0 heterocycles. The van der Waals surface area contributed by atoms with Crippen molar-refractivity contribution in [2.45, 2.75) is 12.3 Å². The Morgan fingerprint density at radius 1 is 1.08 bits per heavy atom. The lowest BCUT2D eigenvalue weighted by molar-refractivity contribution is -0.137. The number of halogens is 2. The molecule has 0 saturated heterocycles. The van der Waals surface area contributed by atoms with E-state index in [1.165, 1.54) is 0 Å². The minimum absolute atomic E-state index is 0.0209. The Morgan fingerprint density at radius 2 is 1.75 bits per heavy atom. The van der Waals surface area contributed by atoms with Gasteiger partial charge in [0.15, 0.2) is 5.78 Å². The van der Waals surface area contributed by atoms with Gasteiger partial charge in [0.1, 0.15) is 5.57 Å². The highest BCUT2D eigenvalue weighted by atomic mass is 79.9. The lowest BCUT2D eigenvalue weighted by atomic mass is 9.99. The van der Waals surface area contributed by atoms with Crippen LogP contribution >= 0.6 is 31.9 Å². The third kappa shape index (κ3) is 4.65. The Morgan fingerprint density at radius 3 is 2.38 bits per heavy atom. The van der Waals surface area contributed by atoms with Crippen LogP contribution in [0.2, 0.25) is 0 Å². The van der Waals surface area contributed by atoms with Crippen LogP contribution in [0.3, 0.4) is 0 Å². The number of Topliss-reactive ketones (excluding diaryl/α,β-unsaturated/α-hetero) is 1. The standard InChI is InChI=1S/C19H16Br2O3/c1-2-24-19(23)17(11-14-5-3-4-6-15(14)12-20)18(22)13-7-9-16(21)10-8-13/h3-11H,2,12H2,1H3. The first-order valence-corrected chi connectivity index (χ1v) is 9.31. The molecule has 5 heteroatoms. The van der Waals surface area contributed by atoms with Crippen LogP contribution in [0.4, 0.5) is 0 Å². The number of alkyl halides is 1. The van der Waals surface area contributed by atoms with Crippen molar-refractivity contribution in [3.05, 3.63) is 75.3 Å². The summed E-state index contributed by atoms with van der Waals surface area (Å²) in [5.41, 5.74) is 2.26. The Labute approximate surface area is 158 Å². The second-order valence-electron chi connectivity index (χ2n) is 4.95. The molecule has 0 atom stereocenters. The van der Waals surface area contributed by atoms with Crippen LogP contribution in [-0.2, 0) is 14.9 Å². The molecule has 0 N–H and O–H groups in total. The Bertz CT molecular complexity index is 764. The van der Waals surface area contributed by atoms with Crippen LogP contribution in [0.1, 0.15) is 28.4 Å². The van der Waals surface area contributed by atoms with Gasteiger partial charge in [-0.05, 0) is 48.4 Å². The zero-order chi connectivity index (χ0) is 17.5. The average molecular weight is 452 g/mol. The molecule has 124 valence electrons. The van der Waals surface area contributed by atoms with Crippen molar-refractivity contribution in [3.8, 4) is 0 Å². The predicted molar refractivity (Wildman–Crippen MR) is 102 cm³/mol. The Balaban J connectivity index is 2.48. The summed E-state index contributed by atoms with van der Waals surface area (Å²) in [5.74, 6) is -0.972. The van der Waals surface area contributed by atoms with Gasteiger partial charge in [0.2, 0.25) is 0 Å². The van der Waals surface area contributed by atoms with Gasteiger partial charge in [-0.3, -0.25) is 4.79 Å². The minimum Gasteiger partial charge on any atom is -0.462 e. The van der Waals surface area contributed by atoms with Crippen molar-refractivity contribution in [2.24, 2.45) is 0 Å². The predicted octanol–water partition coefficient (Wildman–Crippen LogP) is 5.17. The van der Waals surface area contributed by atoms with E-state index in [1.54, 1.807) is 37.3 Å². The van der Waals surface area contributed by atoms with E-state index >= 15 is 0 Å². The smallest absolute Gasteiger partial charge is 0.342 e. The topological polar surface area (TPSA) is 43.4 Å². The number of hydrogen-bond acceptors (Lipinski definition) is 3. The second kappa shape index (κ2) is 8.94. The van der Waals surface area contributed by atoms with E-state index in [9.17, 15) is 9.59 Å². The number of rotatable bonds is 6. The van der Waals surface area contributed by atoms with Gasteiger partial charge < -0.3 is 4.74 Å². The zero-order valence-corrected chi connectivity index (χ0v) is 16.3. The third-order valence-electron chi connectivity index (χ3n) is 3.35. The molecule has 0 saturated carbocycles. The van der Waals surface area contributed by atoms with E-state index in [0.29, 0.717) is 10.9 Å². The fraction of sp³-hybridized carbons (Fsp3) is 0.158. The molecule has 2 aromatic rings. The summed E-state index contributed by atoms with van der Waals surface area (Å²) < 4.78 is 5.93. The van der Waals surface area contributed by atoms with E-state index in [0.717, 1.165) is 15.6 Å². The van der Waals surface area contributed by atoms with Crippen LogP contribution in [0.25, 0.3) is 6.08 Å². The molecule has 0 radical (unpaired) electrons. The van der Waals surface area contributed by atoms with Gasteiger partial charge in [0, 0.05) is 15.4 Å². The first kappa shape index (κ1) is 18.6. The average Bonchev–Trinajstić information content (AvgIpc) is 2.60. The number of ether oxygens (including phenoxy) is 1. The molecule has 0 bridgehead atoms. The van der Waals surface area contributed by atoms with Crippen LogP contribution in [-0.4, -0.2) is 18.4 Å². The molecule has 0 aliphatic rings. The maximum atomic E-state index is 12.8. The molecule has 0 spiro atoms. The van der Waals surface area contributed by atoms with E-state index < -0.39 is 5.97 Å². The summed E-state index contributed by atoms with van der Waals surface area (Å²) >= 11 is 6.76. The molecule has 2 rings (SSSR count). The quantitative estimate of drug-likeness (QED) is 0.152. The maximum Gasteiger partial charge on any atom is 0.342 e. The van der Waals surface area contributed by atoms with Gasteiger partial charge in [-0.1, -0.05) is 56.1 Å². The number of carbonyl (C=O) groups is 2. The lowest BCUT2D eigenvalue weighted by Gasteiger charge is -2.08. The molecular formula is C19H16Br2O3. The molecule has 0 aliphatic heterocycles. The van der Waals surface area contributed by atoms with E-state index in [1.807, 2.05) is 24.3 Å². The van der Waals surface area contributed by atoms with Crippen molar-refractivity contribution >= 4 is 49.7 Å². The number of ketones is 1. The van der Waals surface area contributed by atoms with Crippen molar-refractivity contribution in [3.63, 3.8) is 0 Å². The number of hydrogen-bond donors (Lipinski definition) is 0. The largest absolute Gasteiger partial charge is 0.462 e. The van der Waals surface area contributed by atoms with Gasteiger partial charge in [-0.25, -0.2) is 4.79 Å². The SMILES string of the molecule is CCOC(=O)C(=Cc1ccccc1CBr)C(=O)c1ccc(Br)cc1. The molecular weight excluding hydrogens is 436 g/mol. The van der Waals surface area contributed by atoms with Gasteiger partial charge in [0.25, 0.3) is 0 Å². The first-order valence-electron chi connectivity index (χ1n) is 7.39.